The van der Waals surface area contributed by atoms with Crippen molar-refractivity contribution in [1.29, 1.82) is 0 Å². The van der Waals surface area contributed by atoms with Gasteiger partial charge in [-0.3, -0.25) is 9.36 Å². The fraction of sp³-hybridized carbons (Fsp3) is 0.636. The van der Waals surface area contributed by atoms with Crippen LogP contribution in [0.25, 0.3) is 0 Å². The molecule has 1 aromatic rings. The van der Waals surface area contributed by atoms with Gasteiger partial charge in [0.2, 0.25) is 0 Å². The molecular weight excluding hydrogens is 270 g/mol. The number of nitrogens with one attached hydrogen (secondary N) is 1. The third-order valence-electron chi connectivity index (χ3n) is 3.01. The predicted octanol–water partition coefficient (Wildman–Crippen LogP) is 1.31. The molecule has 16 heavy (non-hydrogen) atoms. The van der Waals surface area contributed by atoms with E-state index in [9.17, 15) is 4.79 Å². The first-order valence-corrected chi connectivity index (χ1v) is 6.40. The van der Waals surface area contributed by atoms with Crippen molar-refractivity contribution < 1.29 is 0 Å². The summed E-state index contributed by atoms with van der Waals surface area (Å²) in [6.45, 7) is 4.69. The molecule has 0 aliphatic carbocycles. The van der Waals surface area contributed by atoms with Gasteiger partial charge in [0.1, 0.15) is 4.47 Å². The van der Waals surface area contributed by atoms with Crippen molar-refractivity contribution in [2.24, 2.45) is 5.92 Å². The Hall–Kier alpha value is -0.680. The van der Waals surface area contributed by atoms with Crippen molar-refractivity contribution in [2.45, 2.75) is 26.3 Å². The van der Waals surface area contributed by atoms with Crippen LogP contribution in [0.2, 0.25) is 0 Å². The second kappa shape index (κ2) is 5.10. The first-order valence-electron chi connectivity index (χ1n) is 5.60. The van der Waals surface area contributed by atoms with Crippen LogP contribution in [-0.4, -0.2) is 22.6 Å². The lowest BCUT2D eigenvalue weighted by Gasteiger charge is -2.23. The Kier molecular flexibility index (Phi) is 3.76. The van der Waals surface area contributed by atoms with Crippen LogP contribution in [0.1, 0.15) is 18.5 Å². The van der Waals surface area contributed by atoms with Crippen molar-refractivity contribution in [2.75, 3.05) is 13.1 Å². The minimum Gasteiger partial charge on any atom is -0.316 e. The first kappa shape index (κ1) is 11.8. The number of nitrogens with zero attached hydrogens (tertiary/aromatic N) is 2. The maximum atomic E-state index is 11.9. The van der Waals surface area contributed by atoms with Crippen LogP contribution >= 0.6 is 15.9 Å². The summed E-state index contributed by atoms with van der Waals surface area (Å²) in [6.07, 6.45) is 4.03. The van der Waals surface area contributed by atoms with E-state index in [4.69, 9.17) is 0 Å². The van der Waals surface area contributed by atoms with Gasteiger partial charge in [-0.1, -0.05) is 0 Å². The zero-order chi connectivity index (χ0) is 11.5. The summed E-state index contributed by atoms with van der Waals surface area (Å²) < 4.78 is 2.29. The van der Waals surface area contributed by atoms with Gasteiger partial charge in [0.15, 0.2) is 0 Å². The SMILES string of the molecule is Cc1ncn(CC2CCCNC2)c(=O)c1Br. The second-order valence-electron chi connectivity index (χ2n) is 4.31. The van der Waals surface area contributed by atoms with Crippen LogP contribution in [0.4, 0.5) is 0 Å². The van der Waals surface area contributed by atoms with Gasteiger partial charge in [0.05, 0.1) is 12.0 Å². The summed E-state index contributed by atoms with van der Waals surface area (Å²) >= 11 is 3.28. The van der Waals surface area contributed by atoms with Crippen LogP contribution in [0.5, 0.6) is 0 Å². The Morgan fingerprint density at radius 3 is 3.19 bits per heavy atom. The van der Waals surface area contributed by atoms with Crippen LogP contribution in [-0.2, 0) is 6.54 Å². The summed E-state index contributed by atoms with van der Waals surface area (Å²) in [6, 6.07) is 0. The lowest BCUT2D eigenvalue weighted by molar-refractivity contribution is 0.332. The van der Waals surface area contributed by atoms with Crippen molar-refractivity contribution in [3.8, 4) is 0 Å². The molecule has 1 atom stereocenters. The molecule has 0 aromatic carbocycles. The number of aromatic nitrogens is 2. The molecule has 0 radical (unpaired) electrons. The zero-order valence-corrected chi connectivity index (χ0v) is 11.0. The Morgan fingerprint density at radius 1 is 1.69 bits per heavy atom. The van der Waals surface area contributed by atoms with Crippen molar-refractivity contribution in [3.63, 3.8) is 0 Å². The van der Waals surface area contributed by atoms with E-state index in [1.54, 1.807) is 10.9 Å². The van der Waals surface area contributed by atoms with Gasteiger partial charge in [0, 0.05) is 6.54 Å². The highest BCUT2D eigenvalue weighted by molar-refractivity contribution is 9.10. The molecular formula is C11H16BrN3O. The molecule has 1 N–H and O–H groups in total. The Labute approximate surface area is 103 Å². The second-order valence-corrected chi connectivity index (χ2v) is 5.11. The smallest absolute Gasteiger partial charge is 0.267 e. The largest absolute Gasteiger partial charge is 0.316 e. The summed E-state index contributed by atoms with van der Waals surface area (Å²) in [7, 11) is 0. The standard InChI is InChI=1S/C11H16BrN3O/c1-8-10(12)11(16)15(7-14-8)6-9-3-2-4-13-5-9/h7,9,13H,2-6H2,1H3. The molecule has 1 aromatic heterocycles. The van der Waals surface area contributed by atoms with Gasteiger partial charge < -0.3 is 5.32 Å². The van der Waals surface area contributed by atoms with E-state index >= 15 is 0 Å². The van der Waals surface area contributed by atoms with Crippen molar-refractivity contribution in [1.82, 2.24) is 14.9 Å². The third-order valence-corrected chi connectivity index (χ3v) is 3.92. The monoisotopic (exact) mass is 285 g/mol. The number of piperidine rings is 1. The van der Waals surface area contributed by atoms with E-state index in [1.165, 1.54) is 12.8 Å². The van der Waals surface area contributed by atoms with Gasteiger partial charge in [-0.25, -0.2) is 4.98 Å². The minimum atomic E-state index is 0.0260. The molecule has 0 amide bonds. The van der Waals surface area contributed by atoms with E-state index in [2.05, 4.69) is 26.2 Å². The van der Waals surface area contributed by atoms with Gasteiger partial charge in [0.25, 0.3) is 5.56 Å². The average molecular weight is 286 g/mol. The normalized spacial score (nSPS) is 21.0. The highest BCUT2D eigenvalue weighted by Gasteiger charge is 2.15. The van der Waals surface area contributed by atoms with E-state index in [0.717, 1.165) is 25.3 Å². The number of hydrogen-bond donors (Lipinski definition) is 1. The molecule has 4 nitrogen and oxygen atoms in total. The number of hydrogen-bond acceptors (Lipinski definition) is 3. The lowest BCUT2D eigenvalue weighted by Crippen LogP contribution is -2.35. The highest BCUT2D eigenvalue weighted by atomic mass is 79.9. The van der Waals surface area contributed by atoms with E-state index in [1.807, 2.05) is 6.92 Å². The highest BCUT2D eigenvalue weighted by Crippen LogP contribution is 2.12. The molecule has 1 aliphatic heterocycles. The molecule has 0 bridgehead atoms. The van der Waals surface area contributed by atoms with Crippen LogP contribution in [0.15, 0.2) is 15.6 Å². The van der Waals surface area contributed by atoms with E-state index in [-0.39, 0.29) is 5.56 Å². The first-order chi connectivity index (χ1) is 7.68. The van der Waals surface area contributed by atoms with E-state index < -0.39 is 0 Å². The fourth-order valence-electron chi connectivity index (χ4n) is 2.03. The molecule has 88 valence electrons. The predicted molar refractivity (Wildman–Crippen MR) is 66.5 cm³/mol. The average Bonchev–Trinajstić information content (AvgIpc) is 2.31. The third kappa shape index (κ3) is 2.52. The molecule has 0 saturated carbocycles. The molecule has 1 saturated heterocycles. The van der Waals surface area contributed by atoms with E-state index in [0.29, 0.717) is 10.4 Å². The van der Waals surface area contributed by atoms with Crippen molar-refractivity contribution >= 4 is 15.9 Å². The Morgan fingerprint density at radius 2 is 2.50 bits per heavy atom. The van der Waals surface area contributed by atoms with Gasteiger partial charge in [-0.05, 0) is 54.7 Å². The quantitative estimate of drug-likeness (QED) is 0.892. The summed E-state index contributed by atoms with van der Waals surface area (Å²) in [5, 5.41) is 3.35. The summed E-state index contributed by atoms with van der Waals surface area (Å²) in [5.74, 6) is 0.544. The molecule has 2 heterocycles. The van der Waals surface area contributed by atoms with Crippen LogP contribution < -0.4 is 10.9 Å². The molecule has 2 rings (SSSR count). The maximum Gasteiger partial charge on any atom is 0.267 e. The Bertz CT molecular complexity index is 424. The maximum absolute atomic E-state index is 11.9. The molecule has 5 heteroatoms. The fourth-order valence-corrected chi connectivity index (χ4v) is 2.36. The number of halogens is 1. The molecule has 1 fully saturated rings. The van der Waals surface area contributed by atoms with Gasteiger partial charge in [-0.15, -0.1) is 0 Å². The van der Waals surface area contributed by atoms with Gasteiger partial charge >= 0.3 is 0 Å². The van der Waals surface area contributed by atoms with Crippen molar-refractivity contribution in [3.05, 3.63) is 26.8 Å². The summed E-state index contributed by atoms with van der Waals surface area (Å²) in [4.78, 5) is 16.1. The number of aryl methyl sites for hydroxylation is 1. The minimum absolute atomic E-state index is 0.0260. The van der Waals surface area contributed by atoms with Crippen LogP contribution in [0.3, 0.4) is 0 Å². The lowest BCUT2D eigenvalue weighted by atomic mass is 10.00. The molecule has 1 aliphatic rings. The van der Waals surface area contributed by atoms with Crippen LogP contribution in [0, 0.1) is 12.8 Å². The topological polar surface area (TPSA) is 46.9 Å². The zero-order valence-electron chi connectivity index (χ0n) is 9.37. The summed E-state index contributed by atoms with van der Waals surface area (Å²) in [5.41, 5.74) is 0.779. The molecule has 1 unspecified atom stereocenters. The molecule has 0 spiro atoms. The van der Waals surface area contributed by atoms with Gasteiger partial charge in [-0.2, -0.15) is 0 Å². The number of rotatable bonds is 2. The Balaban J connectivity index is 2.15.